The average Bonchev–Trinajstić information content (AvgIpc) is 3.04. The van der Waals surface area contributed by atoms with Gasteiger partial charge in [-0.3, -0.25) is 9.78 Å². The highest BCUT2D eigenvalue weighted by Gasteiger charge is 2.20. The van der Waals surface area contributed by atoms with Crippen LogP contribution in [0.2, 0.25) is 0 Å². The van der Waals surface area contributed by atoms with Crippen LogP contribution in [0.5, 0.6) is 0 Å². The van der Waals surface area contributed by atoms with E-state index in [0.717, 1.165) is 5.56 Å². The molecule has 22 heavy (non-hydrogen) atoms. The molecule has 3 N–H and O–H groups in total. The number of carbonyl (C=O) groups is 1. The van der Waals surface area contributed by atoms with Gasteiger partial charge in [-0.15, -0.1) is 5.10 Å². The van der Waals surface area contributed by atoms with Crippen molar-refractivity contribution in [2.75, 3.05) is 0 Å². The van der Waals surface area contributed by atoms with E-state index in [2.05, 4.69) is 20.5 Å². The second kappa shape index (κ2) is 5.14. The minimum atomic E-state index is -0.562. The highest BCUT2D eigenvalue weighted by molar-refractivity contribution is 5.90. The smallest absolute Gasteiger partial charge is 0.341 e. The number of rotatable bonds is 3. The van der Waals surface area contributed by atoms with Crippen molar-refractivity contribution >= 4 is 16.9 Å². The molecule has 114 valence electrons. The first kappa shape index (κ1) is 14.1. The molecule has 0 saturated carbocycles. The molecular weight excluding hydrogens is 291 g/mol. The molecular formula is C14H13FN4O3. The van der Waals surface area contributed by atoms with E-state index in [-0.39, 0.29) is 11.6 Å². The van der Waals surface area contributed by atoms with Crippen LogP contribution < -0.4 is 11.0 Å². The number of benzene rings is 1. The number of furan rings is 1. The summed E-state index contributed by atoms with van der Waals surface area (Å²) in [6.07, 6.45) is 0. The van der Waals surface area contributed by atoms with E-state index in [1.807, 2.05) is 0 Å². The van der Waals surface area contributed by atoms with Crippen molar-refractivity contribution in [1.29, 1.82) is 0 Å². The van der Waals surface area contributed by atoms with Gasteiger partial charge in [0.15, 0.2) is 0 Å². The summed E-state index contributed by atoms with van der Waals surface area (Å²) in [5.41, 5.74) is 0.731. The van der Waals surface area contributed by atoms with Crippen LogP contribution in [0.15, 0.2) is 27.4 Å². The second-order valence-corrected chi connectivity index (χ2v) is 4.95. The molecule has 1 amide bonds. The largest absolute Gasteiger partial charge is 0.459 e. The number of carbonyl (C=O) groups excluding carboxylic acids is 1. The molecule has 0 aliphatic carbocycles. The van der Waals surface area contributed by atoms with Gasteiger partial charge >= 0.3 is 5.69 Å². The Morgan fingerprint density at radius 1 is 1.45 bits per heavy atom. The van der Waals surface area contributed by atoms with Crippen molar-refractivity contribution in [1.82, 2.24) is 20.5 Å². The summed E-state index contributed by atoms with van der Waals surface area (Å²) < 4.78 is 19.0. The first-order valence-electron chi connectivity index (χ1n) is 6.60. The van der Waals surface area contributed by atoms with Crippen LogP contribution in [0, 0.1) is 12.7 Å². The lowest BCUT2D eigenvalue weighted by atomic mass is 10.1. The van der Waals surface area contributed by atoms with Crippen LogP contribution in [0.25, 0.3) is 11.0 Å². The SMILES string of the molecule is Cc1c([C@@H](C)NC(=O)c2n[nH]c(=O)[nH]2)oc2ccc(F)cc12. The molecule has 0 fully saturated rings. The highest BCUT2D eigenvalue weighted by Crippen LogP contribution is 2.29. The molecule has 0 aliphatic rings. The lowest BCUT2D eigenvalue weighted by Crippen LogP contribution is -2.28. The molecule has 8 heteroatoms. The third-order valence-electron chi connectivity index (χ3n) is 3.39. The number of hydrogen-bond acceptors (Lipinski definition) is 4. The van der Waals surface area contributed by atoms with Crippen molar-refractivity contribution in [3.63, 3.8) is 0 Å². The van der Waals surface area contributed by atoms with Crippen molar-refractivity contribution in [2.45, 2.75) is 19.9 Å². The predicted molar refractivity (Wildman–Crippen MR) is 76.0 cm³/mol. The van der Waals surface area contributed by atoms with Gasteiger partial charge in [0.05, 0.1) is 6.04 Å². The first-order chi connectivity index (χ1) is 10.5. The Bertz CT molecular complexity index is 908. The Labute approximate surface area is 123 Å². The fourth-order valence-electron chi connectivity index (χ4n) is 2.33. The summed E-state index contributed by atoms with van der Waals surface area (Å²) in [5, 5.41) is 8.99. The maximum atomic E-state index is 13.3. The lowest BCUT2D eigenvalue weighted by molar-refractivity contribution is 0.0925. The van der Waals surface area contributed by atoms with Crippen LogP contribution in [0.1, 0.15) is 34.9 Å². The van der Waals surface area contributed by atoms with E-state index in [4.69, 9.17) is 4.42 Å². The van der Waals surface area contributed by atoms with E-state index in [1.54, 1.807) is 19.9 Å². The Morgan fingerprint density at radius 3 is 2.91 bits per heavy atom. The fraction of sp³-hybridized carbons (Fsp3) is 0.214. The zero-order valence-electron chi connectivity index (χ0n) is 11.9. The number of fused-ring (bicyclic) bond motifs is 1. The standard InChI is InChI=1S/C14H13FN4O3/c1-6-9-5-8(15)3-4-10(9)22-11(6)7(2)16-13(20)12-17-14(21)19-18-12/h3-5,7H,1-2H3,(H,16,20)(H2,17,18,19,21)/t7-/m1/s1. The molecule has 0 spiro atoms. The third-order valence-corrected chi connectivity index (χ3v) is 3.39. The number of hydrogen-bond donors (Lipinski definition) is 3. The van der Waals surface area contributed by atoms with E-state index in [9.17, 15) is 14.0 Å². The van der Waals surface area contributed by atoms with Crippen molar-refractivity contribution < 1.29 is 13.6 Å². The van der Waals surface area contributed by atoms with Gasteiger partial charge in [-0.1, -0.05) is 0 Å². The van der Waals surface area contributed by atoms with Gasteiger partial charge in [0, 0.05) is 10.9 Å². The molecule has 0 bridgehead atoms. The summed E-state index contributed by atoms with van der Waals surface area (Å²) in [5.74, 6) is -0.492. The van der Waals surface area contributed by atoms with Gasteiger partial charge in [-0.2, -0.15) is 0 Å². The number of aromatic amines is 2. The lowest BCUT2D eigenvalue weighted by Gasteiger charge is -2.11. The van der Waals surface area contributed by atoms with E-state index in [1.165, 1.54) is 12.1 Å². The zero-order valence-corrected chi connectivity index (χ0v) is 11.9. The van der Waals surface area contributed by atoms with E-state index < -0.39 is 17.6 Å². The molecule has 2 aromatic heterocycles. The number of amides is 1. The second-order valence-electron chi connectivity index (χ2n) is 4.95. The number of H-pyrrole nitrogens is 2. The summed E-state index contributed by atoms with van der Waals surface area (Å²) in [4.78, 5) is 25.2. The first-order valence-corrected chi connectivity index (χ1v) is 6.60. The number of nitrogens with one attached hydrogen (secondary N) is 3. The van der Waals surface area contributed by atoms with Gasteiger partial charge < -0.3 is 9.73 Å². The van der Waals surface area contributed by atoms with Gasteiger partial charge in [0.25, 0.3) is 5.91 Å². The molecule has 0 radical (unpaired) electrons. The van der Waals surface area contributed by atoms with Crippen LogP contribution in [0.3, 0.4) is 0 Å². The number of nitrogens with zero attached hydrogens (tertiary/aromatic N) is 1. The molecule has 3 rings (SSSR count). The van der Waals surface area contributed by atoms with Crippen LogP contribution >= 0.6 is 0 Å². The van der Waals surface area contributed by atoms with Gasteiger partial charge in [0.2, 0.25) is 5.82 Å². The Morgan fingerprint density at radius 2 is 2.23 bits per heavy atom. The maximum absolute atomic E-state index is 13.3. The van der Waals surface area contributed by atoms with Crippen LogP contribution in [0.4, 0.5) is 4.39 Å². The Balaban J connectivity index is 1.89. The van der Waals surface area contributed by atoms with Crippen molar-refractivity contribution in [3.8, 4) is 0 Å². The molecule has 0 saturated heterocycles. The number of halogens is 1. The monoisotopic (exact) mass is 304 g/mol. The summed E-state index contributed by atoms with van der Waals surface area (Å²) >= 11 is 0. The van der Waals surface area contributed by atoms with Gasteiger partial charge in [-0.05, 0) is 32.0 Å². The van der Waals surface area contributed by atoms with Crippen LogP contribution in [-0.2, 0) is 0 Å². The zero-order chi connectivity index (χ0) is 15.9. The van der Waals surface area contributed by atoms with Crippen molar-refractivity contribution in [2.24, 2.45) is 0 Å². The highest BCUT2D eigenvalue weighted by atomic mass is 19.1. The van der Waals surface area contributed by atoms with Crippen molar-refractivity contribution in [3.05, 3.63) is 51.6 Å². The number of aryl methyl sites for hydroxylation is 1. The molecule has 0 aliphatic heterocycles. The number of aromatic nitrogens is 3. The Hall–Kier alpha value is -2.90. The summed E-state index contributed by atoms with van der Waals surface area (Å²) in [6, 6.07) is 3.77. The summed E-state index contributed by atoms with van der Waals surface area (Å²) in [7, 11) is 0. The minimum absolute atomic E-state index is 0.114. The molecule has 7 nitrogen and oxygen atoms in total. The minimum Gasteiger partial charge on any atom is -0.459 e. The summed E-state index contributed by atoms with van der Waals surface area (Å²) in [6.45, 7) is 3.52. The predicted octanol–water partition coefficient (Wildman–Crippen LogP) is 1.78. The maximum Gasteiger partial charge on any atom is 0.341 e. The van der Waals surface area contributed by atoms with Gasteiger partial charge in [0.1, 0.15) is 17.2 Å². The fourth-order valence-corrected chi connectivity index (χ4v) is 2.33. The van der Waals surface area contributed by atoms with E-state index >= 15 is 0 Å². The molecule has 0 unspecified atom stereocenters. The third kappa shape index (κ3) is 2.39. The normalized spacial score (nSPS) is 12.5. The Kier molecular flexibility index (Phi) is 3.28. The molecule has 3 aromatic rings. The van der Waals surface area contributed by atoms with Gasteiger partial charge in [-0.25, -0.2) is 14.3 Å². The molecule has 1 atom stereocenters. The molecule has 2 heterocycles. The quantitative estimate of drug-likeness (QED) is 0.686. The topological polar surface area (TPSA) is 104 Å². The van der Waals surface area contributed by atoms with Crippen LogP contribution in [-0.4, -0.2) is 21.1 Å². The molecule has 1 aromatic carbocycles. The average molecular weight is 304 g/mol. The van der Waals surface area contributed by atoms with E-state index in [0.29, 0.717) is 16.7 Å².